The van der Waals surface area contributed by atoms with Crippen molar-refractivity contribution in [3.63, 3.8) is 0 Å². The third-order valence-electron chi connectivity index (χ3n) is 4.12. The van der Waals surface area contributed by atoms with Gasteiger partial charge in [-0.3, -0.25) is 0 Å². The third kappa shape index (κ3) is 2.53. The summed E-state index contributed by atoms with van der Waals surface area (Å²) in [6.45, 7) is 8.19. The molecule has 2 rings (SSSR count). The van der Waals surface area contributed by atoms with Crippen molar-refractivity contribution in [3.05, 3.63) is 35.4 Å². The lowest BCUT2D eigenvalue weighted by Gasteiger charge is -2.47. The molecule has 1 aliphatic rings. The summed E-state index contributed by atoms with van der Waals surface area (Å²) in [4.78, 5) is 0. The van der Waals surface area contributed by atoms with E-state index in [1.165, 1.54) is 11.1 Å². The fraction of sp³-hybridized carbons (Fsp3) is 0.600. The minimum atomic E-state index is -0.591. The van der Waals surface area contributed by atoms with Crippen LogP contribution in [0.25, 0.3) is 0 Å². The summed E-state index contributed by atoms with van der Waals surface area (Å²) in [5, 5.41) is 14.3. The van der Waals surface area contributed by atoms with Crippen LogP contribution < -0.4 is 5.32 Å². The van der Waals surface area contributed by atoms with Gasteiger partial charge in [-0.2, -0.15) is 0 Å². The van der Waals surface area contributed by atoms with Crippen molar-refractivity contribution in [2.75, 3.05) is 13.1 Å². The zero-order valence-corrected chi connectivity index (χ0v) is 11.1. The highest BCUT2D eigenvalue weighted by Gasteiger charge is 2.44. The average molecular weight is 233 g/mol. The number of aryl methyl sites for hydroxylation is 1. The Hall–Kier alpha value is -0.860. The molecule has 0 aromatic heterocycles. The number of rotatable bonds is 2. The molecule has 1 unspecified atom stereocenters. The Bertz CT molecular complexity index is 400. The number of aliphatic hydroxyl groups is 1. The summed E-state index contributed by atoms with van der Waals surface area (Å²) >= 11 is 0. The lowest BCUT2D eigenvalue weighted by molar-refractivity contribution is -0.0869. The van der Waals surface area contributed by atoms with Crippen LogP contribution in [-0.2, 0) is 6.42 Å². The lowest BCUT2D eigenvalue weighted by atomic mass is 9.68. The van der Waals surface area contributed by atoms with Crippen LogP contribution in [0.15, 0.2) is 24.3 Å². The minimum Gasteiger partial charge on any atom is -0.389 e. The van der Waals surface area contributed by atoms with Gasteiger partial charge in [0.05, 0.1) is 5.60 Å². The third-order valence-corrected chi connectivity index (χ3v) is 4.12. The van der Waals surface area contributed by atoms with Crippen molar-refractivity contribution in [3.8, 4) is 0 Å². The molecule has 1 atom stereocenters. The smallest absolute Gasteiger partial charge is 0.0762 e. The number of piperidine rings is 1. The maximum Gasteiger partial charge on any atom is 0.0762 e. The first-order chi connectivity index (χ1) is 7.93. The molecule has 94 valence electrons. The first-order valence-electron chi connectivity index (χ1n) is 6.42. The molecule has 1 aliphatic heterocycles. The van der Waals surface area contributed by atoms with Crippen molar-refractivity contribution in [1.29, 1.82) is 0 Å². The van der Waals surface area contributed by atoms with Crippen LogP contribution in [0.1, 0.15) is 31.4 Å². The van der Waals surface area contributed by atoms with E-state index in [9.17, 15) is 5.11 Å². The van der Waals surface area contributed by atoms with Gasteiger partial charge in [-0.25, -0.2) is 0 Å². The molecule has 0 aliphatic carbocycles. The van der Waals surface area contributed by atoms with E-state index < -0.39 is 5.60 Å². The van der Waals surface area contributed by atoms with Crippen LogP contribution in [-0.4, -0.2) is 23.8 Å². The fourth-order valence-electron chi connectivity index (χ4n) is 2.69. The second kappa shape index (κ2) is 4.43. The van der Waals surface area contributed by atoms with E-state index in [1.54, 1.807) is 0 Å². The predicted molar refractivity (Wildman–Crippen MR) is 71.1 cm³/mol. The number of nitrogens with one attached hydrogen (secondary N) is 1. The Morgan fingerprint density at radius 1 is 1.35 bits per heavy atom. The van der Waals surface area contributed by atoms with Crippen LogP contribution in [0.3, 0.4) is 0 Å². The van der Waals surface area contributed by atoms with Gasteiger partial charge in [0.15, 0.2) is 0 Å². The van der Waals surface area contributed by atoms with Crippen LogP contribution in [0, 0.1) is 12.3 Å². The van der Waals surface area contributed by atoms with Crippen molar-refractivity contribution < 1.29 is 5.11 Å². The number of hydrogen-bond acceptors (Lipinski definition) is 2. The van der Waals surface area contributed by atoms with Crippen LogP contribution in [0.2, 0.25) is 0 Å². The highest BCUT2D eigenvalue weighted by atomic mass is 16.3. The summed E-state index contributed by atoms with van der Waals surface area (Å²) in [6, 6.07) is 8.46. The van der Waals surface area contributed by atoms with Crippen LogP contribution in [0.5, 0.6) is 0 Å². The molecule has 1 heterocycles. The second-order valence-electron chi connectivity index (χ2n) is 6.01. The molecule has 0 spiro atoms. The Kier molecular flexibility index (Phi) is 3.28. The molecule has 2 nitrogen and oxygen atoms in total. The molecular formula is C15H23NO. The Morgan fingerprint density at radius 2 is 2.12 bits per heavy atom. The average Bonchev–Trinajstić information content (AvgIpc) is 2.23. The molecule has 0 bridgehead atoms. The quantitative estimate of drug-likeness (QED) is 0.821. The van der Waals surface area contributed by atoms with E-state index in [4.69, 9.17) is 0 Å². The molecule has 0 amide bonds. The SMILES string of the molecule is Cc1cccc(CC2(O)CCNCC2(C)C)c1. The topological polar surface area (TPSA) is 32.3 Å². The van der Waals surface area contributed by atoms with Gasteiger partial charge in [-0.1, -0.05) is 43.7 Å². The summed E-state index contributed by atoms with van der Waals surface area (Å²) in [7, 11) is 0. The molecule has 2 heteroatoms. The molecular weight excluding hydrogens is 210 g/mol. The molecule has 0 saturated carbocycles. The number of benzene rings is 1. The fourth-order valence-corrected chi connectivity index (χ4v) is 2.69. The Balaban J connectivity index is 2.21. The summed E-state index contributed by atoms with van der Waals surface area (Å²) in [5.41, 5.74) is 1.83. The van der Waals surface area contributed by atoms with Crippen molar-refractivity contribution in [2.45, 2.75) is 39.2 Å². The van der Waals surface area contributed by atoms with E-state index in [-0.39, 0.29) is 5.41 Å². The van der Waals surface area contributed by atoms with Gasteiger partial charge in [-0.05, 0) is 25.5 Å². The van der Waals surface area contributed by atoms with Gasteiger partial charge in [0.25, 0.3) is 0 Å². The second-order valence-corrected chi connectivity index (χ2v) is 6.01. The first kappa shape index (κ1) is 12.6. The predicted octanol–water partition coefficient (Wildman–Crippen LogP) is 2.29. The summed E-state index contributed by atoms with van der Waals surface area (Å²) in [6.07, 6.45) is 1.58. The van der Waals surface area contributed by atoms with Crippen LogP contribution >= 0.6 is 0 Å². The van der Waals surface area contributed by atoms with Gasteiger partial charge >= 0.3 is 0 Å². The van der Waals surface area contributed by atoms with Gasteiger partial charge in [0.1, 0.15) is 0 Å². The molecule has 1 aromatic rings. The van der Waals surface area contributed by atoms with E-state index in [0.29, 0.717) is 0 Å². The summed E-state index contributed by atoms with van der Waals surface area (Å²) in [5.74, 6) is 0. The maximum atomic E-state index is 10.9. The molecule has 1 aromatic carbocycles. The van der Waals surface area contributed by atoms with Crippen molar-refractivity contribution in [2.24, 2.45) is 5.41 Å². The van der Waals surface area contributed by atoms with Crippen molar-refractivity contribution >= 4 is 0 Å². The standard InChI is InChI=1S/C15H23NO/c1-12-5-4-6-13(9-12)10-15(17)7-8-16-11-14(15,2)3/h4-6,9,16-17H,7-8,10-11H2,1-3H3. The van der Waals surface area contributed by atoms with Crippen LogP contribution in [0.4, 0.5) is 0 Å². The van der Waals surface area contributed by atoms with Gasteiger partial charge in [0.2, 0.25) is 0 Å². The molecule has 2 N–H and O–H groups in total. The number of hydrogen-bond donors (Lipinski definition) is 2. The molecule has 0 radical (unpaired) electrons. The minimum absolute atomic E-state index is 0.0744. The maximum absolute atomic E-state index is 10.9. The first-order valence-corrected chi connectivity index (χ1v) is 6.42. The van der Waals surface area contributed by atoms with E-state index >= 15 is 0 Å². The van der Waals surface area contributed by atoms with Crippen molar-refractivity contribution in [1.82, 2.24) is 5.32 Å². The van der Waals surface area contributed by atoms with Gasteiger partial charge < -0.3 is 10.4 Å². The largest absolute Gasteiger partial charge is 0.389 e. The normalized spacial score (nSPS) is 28.0. The van der Waals surface area contributed by atoms with E-state index in [1.807, 2.05) is 0 Å². The van der Waals surface area contributed by atoms with E-state index in [0.717, 1.165) is 25.9 Å². The molecule has 17 heavy (non-hydrogen) atoms. The van der Waals surface area contributed by atoms with E-state index in [2.05, 4.69) is 50.4 Å². The van der Waals surface area contributed by atoms with Gasteiger partial charge in [0, 0.05) is 18.4 Å². The van der Waals surface area contributed by atoms with Gasteiger partial charge in [-0.15, -0.1) is 0 Å². The highest BCUT2D eigenvalue weighted by Crippen LogP contribution is 2.38. The summed E-state index contributed by atoms with van der Waals surface area (Å²) < 4.78 is 0. The Morgan fingerprint density at radius 3 is 2.76 bits per heavy atom. The molecule has 1 fully saturated rings. The zero-order chi connectivity index (χ0) is 12.5. The lowest BCUT2D eigenvalue weighted by Crippen LogP contribution is -2.57. The monoisotopic (exact) mass is 233 g/mol. The Labute approximate surface area is 104 Å². The molecule has 1 saturated heterocycles. The highest BCUT2D eigenvalue weighted by molar-refractivity contribution is 5.24. The zero-order valence-electron chi connectivity index (χ0n) is 11.1.